The largest absolute Gasteiger partial charge is 0.398 e. The van der Waals surface area contributed by atoms with Crippen LogP contribution in [0.5, 0.6) is 0 Å². The van der Waals surface area contributed by atoms with E-state index >= 15 is 0 Å². The Bertz CT molecular complexity index is 731. The van der Waals surface area contributed by atoms with E-state index in [1.165, 1.54) is 16.2 Å². The lowest BCUT2D eigenvalue weighted by Crippen LogP contribution is -2.16. The van der Waals surface area contributed by atoms with E-state index in [-0.39, 0.29) is 0 Å². The number of H-pyrrole nitrogens is 1. The summed E-state index contributed by atoms with van der Waals surface area (Å²) in [6.07, 6.45) is 1.82. The van der Waals surface area contributed by atoms with Gasteiger partial charge in [-0.3, -0.25) is 0 Å². The van der Waals surface area contributed by atoms with Gasteiger partial charge in [0.2, 0.25) is 5.84 Å². The quantitative estimate of drug-likeness (QED) is 0.443. The molecule has 0 aliphatic heterocycles. The lowest BCUT2D eigenvalue weighted by molar-refractivity contribution is -0.356. The van der Waals surface area contributed by atoms with Gasteiger partial charge in [-0.15, -0.1) is 11.3 Å². The number of benzene rings is 1. The summed E-state index contributed by atoms with van der Waals surface area (Å²) in [5.74, 6) is 0.416. The number of hydrogen-bond donors (Lipinski definition) is 2. The van der Waals surface area contributed by atoms with Crippen molar-refractivity contribution in [2.45, 2.75) is 0 Å². The third-order valence-electron chi connectivity index (χ3n) is 2.81. The van der Waals surface area contributed by atoms with Gasteiger partial charge in [0.05, 0.1) is 11.8 Å². The number of aromatic amines is 1. The van der Waals surface area contributed by atoms with Gasteiger partial charge in [0.1, 0.15) is 0 Å². The molecule has 0 bridgehead atoms. The zero-order valence-electron chi connectivity index (χ0n) is 10.5. The third-order valence-corrected chi connectivity index (χ3v) is 4.43. The highest BCUT2D eigenvalue weighted by Gasteiger charge is 2.13. The Morgan fingerprint density at radius 1 is 1.15 bits per heavy atom. The van der Waals surface area contributed by atoms with Gasteiger partial charge in [-0.05, 0) is 34.1 Å². The van der Waals surface area contributed by atoms with Crippen LogP contribution >= 0.6 is 22.7 Å². The standard InChI is InChI=1S/C14H12N4S2/c15-11-4-3-9(12-2-1-6-19-12)8-10(11)13(16)18-14-17-5-7-20-14/h1-8H,15H2,(H2,16,17,18)/p+1. The second-order valence-electron chi connectivity index (χ2n) is 4.15. The van der Waals surface area contributed by atoms with Gasteiger partial charge in [-0.25, -0.2) is 4.98 Å². The first-order valence-corrected chi connectivity index (χ1v) is 7.73. The Morgan fingerprint density at radius 2 is 2.05 bits per heavy atom. The van der Waals surface area contributed by atoms with Gasteiger partial charge in [-0.2, -0.15) is 0 Å². The van der Waals surface area contributed by atoms with Crippen molar-refractivity contribution in [3.63, 3.8) is 0 Å². The molecular weight excluding hydrogens is 288 g/mol. The van der Waals surface area contributed by atoms with Crippen molar-refractivity contribution in [1.82, 2.24) is 0 Å². The molecule has 4 nitrogen and oxygen atoms in total. The lowest BCUT2D eigenvalue weighted by atomic mass is 10.1. The van der Waals surface area contributed by atoms with Crippen LogP contribution in [0.4, 0.5) is 10.8 Å². The van der Waals surface area contributed by atoms with E-state index in [0.717, 1.165) is 16.3 Å². The topological polar surface area (TPSA) is 78.5 Å². The molecule has 2 heterocycles. The number of nitrogens with zero attached hydrogens (tertiary/aromatic N) is 1. The van der Waals surface area contributed by atoms with Crippen LogP contribution in [0.25, 0.3) is 10.4 Å². The zero-order valence-corrected chi connectivity index (χ0v) is 12.2. The molecule has 0 amide bonds. The summed E-state index contributed by atoms with van der Waals surface area (Å²) in [6, 6.07) is 9.93. The van der Waals surface area contributed by atoms with Crippen molar-refractivity contribution < 1.29 is 4.98 Å². The van der Waals surface area contributed by atoms with Crippen LogP contribution in [0.2, 0.25) is 0 Å². The van der Waals surface area contributed by atoms with Gasteiger partial charge in [0.15, 0.2) is 0 Å². The van der Waals surface area contributed by atoms with Crippen molar-refractivity contribution >= 4 is 39.3 Å². The fraction of sp³-hybridized carbons (Fsp3) is 0. The Labute approximate surface area is 124 Å². The Morgan fingerprint density at radius 3 is 2.75 bits per heavy atom. The third kappa shape index (κ3) is 2.56. The first-order chi connectivity index (χ1) is 9.74. The minimum absolute atomic E-state index is 0.416. The summed E-state index contributed by atoms with van der Waals surface area (Å²) >= 11 is 3.17. The van der Waals surface area contributed by atoms with Crippen LogP contribution in [-0.2, 0) is 0 Å². The smallest absolute Gasteiger partial charge is 0.382 e. The summed E-state index contributed by atoms with van der Waals surface area (Å²) in [4.78, 5) is 8.55. The second kappa shape index (κ2) is 5.44. The average molecular weight is 301 g/mol. The molecule has 3 aromatic rings. The molecule has 0 saturated heterocycles. The maximum absolute atomic E-state index is 6.07. The molecule has 0 unspecified atom stereocenters. The Kier molecular flexibility index (Phi) is 3.49. The van der Waals surface area contributed by atoms with Gasteiger partial charge >= 0.3 is 5.13 Å². The van der Waals surface area contributed by atoms with Crippen LogP contribution < -0.4 is 16.5 Å². The molecule has 1 aromatic carbocycles. The second-order valence-corrected chi connectivity index (χ2v) is 5.99. The molecular formula is C14H13N4S2+. The molecule has 6 heteroatoms. The highest BCUT2D eigenvalue weighted by Crippen LogP contribution is 2.27. The van der Waals surface area contributed by atoms with E-state index in [9.17, 15) is 0 Å². The van der Waals surface area contributed by atoms with E-state index in [0.29, 0.717) is 11.5 Å². The van der Waals surface area contributed by atoms with Gasteiger partial charge < -0.3 is 11.5 Å². The maximum Gasteiger partial charge on any atom is 0.382 e. The Balaban J connectivity index is 2.03. The highest BCUT2D eigenvalue weighted by molar-refractivity contribution is 7.13. The van der Waals surface area contributed by atoms with E-state index in [2.05, 4.69) is 16.0 Å². The van der Waals surface area contributed by atoms with Crippen molar-refractivity contribution in [3.05, 3.63) is 52.9 Å². The number of nitrogens with two attached hydrogens (primary N) is 2. The molecule has 0 spiro atoms. The van der Waals surface area contributed by atoms with Gasteiger partial charge in [0, 0.05) is 15.9 Å². The molecule has 3 rings (SSSR count). The van der Waals surface area contributed by atoms with E-state index in [1.807, 2.05) is 41.2 Å². The molecule has 5 N–H and O–H groups in total. The van der Waals surface area contributed by atoms with E-state index < -0.39 is 0 Å². The van der Waals surface area contributed by atoms with Crippen LogP contribution in [-0.4, -0.2) is 5.84 Å². The first kappa shape index (κ1) is 12.8. The van der Waals surface area contributed by atoms with E-state index in [4.69, 9.17) is 11.5 Å². The molecule has 0 saturated carbocycles. The average Bonchev–Trinajstić information content (AvgIpc) is 3.11. The maximum atomic E-state index is 6.07. The number of anilines is 1. The number of thiazole rings is 1. The van der Waals surface area contributed by atoms with Crippen LogP contribution in [0.15, 0.2) is 52.3 Å². The summed E-state index contributed by atoms with van der Waals surface area (Å²) in [6.45, 7) is 0. The molecule has 0 fully saturated rings. The van der Waals surface area contributed by atoms with Gasteiger partial charge in [0.25, 0.3) is 0 Å². The number of nitrogens with one attached hydrogen (secondary N) is 1. The van der Waals surface area contributed by atoms with Crippen LogP contribution in [0, 0.1) is 0 Å². The first-order valence-electron chi connectivity index (χ1n) is 5.97. The molecule has 0 radical (unpaired) electrons. The summed E-state index contributed by atoms with van der Waals surface area (Å²) in [7, 11) is 0. The molecule has 0 atom stereocenters. The molecule has 0 aliphatic carbocycles. The fourth-order valence-corrected chi connectivity index (χ4v) is 3.12. The van der Waals surface area contributed by atoms with Gasteiger partial charge in [-0.1, -0.05) is 23.5 Å². The number of rotatable bonds is 3. The lowest BCUT2D eigenvalue weighted by Gasteiger charge is -2.04. The van der Waals surface area contributed by atoms with E-state index in [1.54, 1.807) is 11.3 Å². The summed E-state index contributed by atoms with van der Waals surface area (Å²) in [5.41, 5.74) is 14.6. The number of amidine groups is 1. The Hall–Kier alpha value is -2.18. The SMILES string of the molecule is N/C(=N\c1[nH+]ccs1)c1cc(-c2cccs2)ccc1N. The molecule has 100 valence electrons. The monoisotopic (exact) mass is 301 g/mol. The minimum Gasteiger partial charge on any atom is -0.398 e. The van der Waals surface area contributed by atoms with Crippen molar-refractivity contribution in [3.8, 4) is 10.4 Å². The fourth-order valence-electron chi connectivity index (χ4n) is 1.84. The number of hydrogen-bond acceptors (Lipinski definition) is 4. The predicted octanol–water partition coefficient (Wildman–Crippen LogP) is 2.91. The van der Waals surface area contributed by atoms with Crippen molar-refractivity contribution in [2.24, 2.45) is 10.7 Å². The molecule has 2 aromatic heterocycles. The molecule has 20 heavy (non-hydrogen) atoms. The molecule has 0 aliphatic rings. The predicted molar refractivity (Wildman–Crippen MR) is 85.4 cm³/mol. The summed E-state index contributed by atoms with van der Waals surface area (Å²) in [5, 5.41) is 4.71. The normalized spacial score (nSPS) is 11.7. The highest BCUT2D eigenvalue weighted by atomic mass is 32.1. The van der Waals surface area contributed by atoms with Crippen LogP contribution in [0.1, 0.15) is 5.56 Å². The number of nitrogen functional groups attached to an aromatic ring is 1. The number of aliphatic imine (C=N–C) groups is 1. The number of thiophene rings is 1. The zero-order chi connectivity index (χ0) is 13.9. The number of aromatic nitrogens is 1. The van der Waals surface area contributed by atoms with Crippen molar-refractivity contribution in [2.75, 3.05) is 5.73 Å². The minimum atomic E-state index is 0.416. The van der Waals surface area contributed by atoms with Crippen molar-refractivity contribution in [1.29, 1.82) is 0 Å². The van der Waals surface area contributed by atoms with Crippen LogP contribution in [0.3, 0.4) is 0 Å². The summed E-state index contributed by atoms with van der Waals surface area (Å²) < 4.78 is 0.